The summed E-state index contributed by atoms with van der Waals surface area (Å²) in [5, 5.41) is 9.74. The number of carbonyl (C=O) groups excluding carboxylic acids is 2. The molecule has 1 aromatic carbocycles. The van der Waals surface area contributed by atoms with Gasteiger partial charge in [-0.05, 0) is 82.3 Å². The highest BCUT2D eigenvalue weighted by Gasteiger charge is 2.49. The summed E-state index contributed by atoms with van der Waals surface area (Å²) in [6, 6.07) is 11.7. The van der Waals surface area contributed by atoms with Crippen LogP contribution >= 0.6 is 11.3 Å². The molecule has 1 N–H and O–H groups in total. The maximum Gasteiger partial charge on any atom is 0.277 e. The van der Waals surface area contributed by atoms with Gasteiger partial charge in [0.25, 0.3) is 5.91 Å². The Morgan fingerprint density at radius 2 is 1.84 bits per heavy atom. The normalized spacial score (nSPS) is 18.8. The number of carbonyl (C=O) groups is 2. The van der Waals surface area contributed by atoms with Crippen LogP contribution in [-0.2, 0) is 11.3 Å². The Morgan fingerprint density at radius 3 is 2.42 bits per heavy atom. The van der Waals surface area contributed by atoms with Crippen LogP contribution in [0.2, 0.25) is 0 Å². The average molecular weight is 437 g/mol. The quantitative estimate of drug-likeness (QED) is 0.654. The molecule has 0 bridgehead atoms. The van der Waals surface area contributed by atoms with Crippen molar-refractivity contribution in [3.8, 4) is 10.6 Å². The maximum atomic E-state index is 13.8. The Hall–Kier alpha value is -2.93. The molecule has 0 fully saturated rings. The van der Waals surface area contributed by atoms with E-state index in [9.17, 15) is 9.59 Å². The molecule has 4 rings (SSSR count). The molecule has 1 unspecified atom stereocenters. The number of aromatic nitrogens is 2. The van der Waals surface area contributed by atoms with Gasteiger partial charge in [-0.15, -0.1) is 11.3 Å². The molecular weight excluding hydrogens is 408 g/mol. The fourth-order valence-electron chi connectivity index (χ4n) is 4.09. The zero-order valence-electron chi connectivity index (χ0n) is 18.8. The van der Waals surface area contributed by atoms with Crippen LogP contribution in [-0.4, -0.2) is 32.7 Å². The van der Waals surface area contributed by atoms with Crippen molar-refractivity contribution in [1.29, 1.82) is 0 Å². The van der Waals surface area contributed by atoms with Crippen LogP contribution in [0.3, 0.4) is 0 Å². The van der Waals surface area contributed by atoms with Crippen molar-refractivity contribution in [2.24, 2.45) is 0 Å². The van der Waals surface area contributed by atoms with E-state index in [1.165, 1.54) is 0 Å². The van der Waals surface area contributed by atoms with Crippen molar-refractivity contribution in [1.82, 2.24) is 15.1 Å². The second kappa shape index (κ2) is 7.34. The minimum atomic E-state index is -1.13. The van der Waals surface area contributed by atoms with Gasteiger partial charge in [0.2, 0.25) is 5.91 Å². The Balaban J connectivity index is 1.87. The third-order valence-corrected chi connectivity index (χ3v) is 6.26. The Kier molecular flexibility index (Phi) is 5.04. The van der Waals surface area contributed by atoms with Crippen LogP contribution in [0.25, 0.3) is 10.6 Å². The molecule has 7 heteroatoms. The van der Waals surface area contributed by atoms with Gasteiger partial charge in [-0.3, -0.25) is 19.2 Å². The van der Waals surface area contributed by atoms with Crippen LogP contribution in [0.1, 0.15) is 49.3 Å². The summed E-state index contributed by atoms with van der Waals surface area (Å²) in [6.07, 6.45) is 0. The zero-order chi connectivity index (χ0) is 22.6. The number of hydrogen-bond acceptors (Lipinski definition) is 4. The number of aryl methyl sites for hydroxylation is 2. The summed E-state index contributed by atoms with van der Waals surface area (Å²) in [6.45, 7) is 11.9. The van der Waals surface area contributed by atoms with Crippen molar-refractivity contribution in [2.75, 3.05) is 4.90 Å². The fraction of sp³-hybridized carbons (Fsp3) is 0.375. The van der Waals surface area contributed by atoms with Gasteiger partial charge in [-0.25, -0.2) is 0 Å². The van der Waals surface area contributed by atoms with Gasteiger partial charge in [-0.2, -0.15) is 5.10 Å². The topological polar surface area (TPSA) is 67.2 Å². The first-order chi connectivity index (χ1) is 14.5. The summed E-state index contributed by atoms with van der Waals surface area (Å²) >= 11 is 1.58. The molecule has 0 aliphatic carbocycles. The van der Waals surface area contributed by atoms with Crippen molar-refractivity contribution in [3.05, 3.63) is 58.6 Å². The molecule has 31 heavy (non-hydrogen) atoms. The van der Waals surface area contributed by atoms with Crippen LogP contribution in [0.5, 0.6) is 0 Å². The minimum absolute atomic E-state index is 0.202. The zero-order valence-corrected chi connectivity index (χ0v) is 19.6. The number of amides is 2. The number of anilines is 1. The SMILES string of the molecule is Cc1cc(C)cc(N2C(=O)c3cc(-c4cccs4)nn3CC2(C)C(=O)NC(C)(C)C)c1. The lowest BCUT2D eigenvalue weighted by molar-refractivity contribution is -0.128. The van der Waals surface area contributed by atoms with Crippen LogP contribution in [0, 0.1) is 13.8 Å². The molecule has 0 saturated carbocycles. The molecule has 162 valence electrons. The number of hydrogen-bond donors (Lipinski definition) is 1. The summed E-state index contributed by atoms with van der Waals surface area (Å²) in [5.41, 5.74) is 2.49. The molecule has 2 aromatic heterocycles. The molecule has 0 spiro atoms. The van der Waals surface area contributed by atoms with Gasteiger partial charge in [0.15, 0.2) is 0 Å². The Labute approximate surface area is 186 Å². The van der Waals surface area contributed by atoms with Gasteiger partial charge < -0.3 is 5.32 Å². The summed E-state index contributed by atoms with van der Waals surface area (Å²) in [4.78, 5) is 30.0. The third kappa shape index (κ3) is 3.90. The summed E-state index contributed by atoms with van der Waals surface area (Å²) in [5.74, 6) is -0.426. The molecule has 2 amide bonds. The van der Waals surface area contributed by atoms with E-state index in [4.69, 9.17) is 0 Å². The predicted molar refractivity (Wildman–Crippen MR) is 125 cm³/mol. The molecular formula is C24H28N4O2S. The molecule has 1 aliphatic rings. The molecule has 0 saturated heterocycles. The second-order valence-electron chi connectivity index (χ2n) is 9.51. The molecule has 6 nitrogen and oxygen atoms in total. The van der Waals surface area contributed by atoms with E-state index >= 15 is 0 Å². The second-order valence-corrected chi connectivity index (χ2v) is 10.5. The van der Waals surface area contributed by atoms with Crippen LogP contribution < -0.4 is 10.2 Å². The standard InChI is InChI=1S/C24H28N4O2S/c1-15-10-16(2)12-17(11-15)28-21(29)19-13-18(20-8-7-9-31-20)26-27(19)14-24(28,6)22(30)25-23(3,4)5/h7-13H,14H2,1-6H3,(H,25,30). The predicted octanol–water partition coefficient (Wildman–Crippen LogP) is 4.56. The van der Waals surface area contributed by atoms with Crippen LogP contribution in [0.15, 0.2) is 41.8 Å². The number of benzene rings is 1. The number of nitrogens with zero attached hydrogens (tertiary/aromatic N) is 3. The largest absolute Gasteiger partial charge is 0.349 e. The van der Waals surface area contributed by atoms with E-state index in [-0.39, 0.29) is 18.4 Å². The molecule has 0 radical (unpaired) electrons. The minimum Gasteiger partial charge on any atom is -0.349 e. The summed E-state index contributed by atoms with van der Waals surface area (Å²) in [7, 11) is 0. The van der Waals surface area contributed by atoms with Crippen molar-refractivity contribution >= 4 is 28.8 Å². The smallest absolute Gasteiger partial charge is 0.277 e. The van der Waals surface area contributed by atoms with Gasteiger partial charge in [-0.1, -0.05) is 12.1 Å². The third-order valence-electron chi connectivity index (χ3n) is 5.37. The number of fused-ring (bicyclic) bond motifs is 1. The van der Waals surface area contributed by atoms with E-state index in [0.29, 0.717) is 5.69 Å². The molecule has 3 heterocycles. The van der Waals surface area contributed by atoms with Crippen molar-refractivity contribution < 1.29 is 9.59 Å². The van der Waals surface area contributed by atoms with Gasteiger partial charge in [0.05, 0.1) is 11.4 Å². The van der Waals surface area contributed by atoms with E-state index in [2.05, 4.69) is 16.5 Å². The monoisotopic (exact) mass is 436 g/mol. The average Bonchev–Trinajstić information content (AvgIpc) is 3.28. The lowest BCUT2D eigenvalue weighted by Gasteiger charge is -2.44. The van der Waals surface area contributed by atoms with Crippen LogP contribution in [0.4, 0.5) is 5.69 Å². The van der Waals surface area contributed by atoms with E-state index in [0.717, 1.165) is 27.4 Å². The Morgan fingerprint density at radius 1 is 1.16 bits per heavy atom. The van der Waals surface area contributed by atoms with Gasteiger partial charge >= 0.3 is 0 Å². The highest BCUT2D eigenvalue weighted by atomic mass is 32.1. The first-order valence-corrected chi connectivity index (χ1v) is 11.2. The number of thiophene rings is 1. The summed E-state index contributed by atoms with van der Waals surface area (Å²) < 4.78 is 1.68. The first-order valence-electron chi connectivity index (χ1n) is 10.4. The van der Waals surface area contributed by atoms with Crippen molar-refractivity contribution in [2.45, 2.75) is 59.2 Å². The highest BCUT2D eigenvalue weighted by Crippen LogP contribution is 2.36. The first kappa shape index (κ1) is 21.3. The van der Waals surface area contributed by atoms with E-state index in [1.54, 1.807) is 20.9 Å². The number of rotatable bonds is 3. The van der Waals surface area contributed by atoms with Gasteiger partial charge in [0, 0.05) is 11.2 Å². The molecule has 1 aliphatic heterocycles. The molecule has 1 atom stereocenters. The lowest BCUT2D eigenvalue weighted by atomic mass is 9.92. The fourth-order valence-corrected chi connectivity index (χ4v) is 4.77. The number of nitrogens with one attached hydrogen (secondary N) is 1. The van der Waals surface area contributed by atoms with Gasteiger partial charge in [0.1, 0.15) is 16.9 Å². The maximum absolute atomic E-state index is 13.8. The Bertz CT molecular complexity index is 1140. The lowest BCUT2D eigenvalue weighted by Crippen LogP contribution is -2.66. The highest BCUT2D eigenvalue weighted by molar-refractivity contribution is 7.13. The van der Waals surface area contributed by atoms with E-state index in [1.807, 2.05) is 77.3 Å². The molecule has 3 aromatic rings. The van der Waals surface area contributed by atoms with E-state index < -0.39 is 11.1 Å². The van der Waals surface area contributed by atoms with Crippen molar-refractivity contribution in [3.63, 3.8) is 0 Å².